The predicted octanol–water partition coefficient (Wildman–Crippen LogP) is 4.32. The topological polar surface area (TPSA) is 89.3 Å². The molecule has 0 saturated carbocycles. The van der Waals surface area contributed by atoms with Gasteiger partial charge in [0.1, 0.15) is 4.83 Å². The molecule has 5 rings (SSSR count). The van der Waals surface area contributed by atoms with Gasteiger partial charge in [-0.05, 0) is 75.1 Å². The number of aryl methyl sites for hydroxylation is 3. The van der Waals surface area contributed by atoms with Crippen LogP contribution in [0, 0.1) is 19.8 Å². The molecule has 198 valence electrons. The summed E-state index contributed by atoms with van der Waals surface area (Å²) in [5.74, 6) is 0.701. The van der Waals surface area contributed by atoms with E-state index in [-0.39, 0.29) is 34.8 Å². The molecule has 0 N–H and O–H groups in total. The summed E-state index contributed by atoms with van der Waals surface area (Å²) in [4.78, 5) is 36.0. The highest BCUT2D eigenvalue weighted by molar-refractivity contribution is 7.99. The van der Waals surface area contributed by atoms with Crippen LogP contribution in [0.5, 0.6) is 0 Å². The van der Waals surface area contributed by atoms with Crippen LogP contribution < -0.4 is 5.56 Å². The van der Waals surface area contributed by atoms with Crippen molar-refractivity contribution in [2.45, 2.75) is 64.6 Å². The molecule has 0 spiro atoms. The van der Waals surface area contributed by atoms with Crippen LogP contribution in [0.25, 0.3) is 15.9 Å². The summed E-state index contributed by atoms with van der Waals surface area (Å²) in [7, 11) is -3.10. The molecule has 1 aromatic carbocycles. The van der Waals surface area contributed by atoms with Gasteiger partial charge < -0.3 is 4.90 Å². The Morgan fingerprint density at radius 1 is 1.27 bits per heavy atom. The summed E-state index contributed by atoms with van der Waals surface area (Å²) in [5, 5.41) is 1.22. The fraction of sp³-hybridized carbons (Fsp3) is 0.519. The normalized spacial score (nSPS) is 20.8. The van der Waals surface area contributed by atoms with Gasteiger partial charge in [0.2, 0.25) is 5.91 Å². The van der Waals surface area contributed by atoms with Gasteiger partial charge in [0.05, 0.1) is 28.3 Å². The second-order valence-corrected chi connectivity index (χ2v) is 14.6. The third-order valence-electron chi connectivity index (χ3n) is 7.54. The molecule has 0 bridgehead atoms. The number of fused-ring (bicyclic) bond motifs is 3. The Hall–Kier alpha value is -2.17. The average molecular weight is 560 g/mol. The minimum absolute atomic E-state index is 0.0216. The molecule has 2 aliphatic rings. The van der Waals surface area contributed by atoms with Crippen LogP contribution in [0.3, 0.4) is 0 Å². The molecular weight excluding hydrogens is 527 g/mol. The Morgan fingerprint density at radius 2 is 2.05 bits per heavy atom. The number of benzene rings is 1. The van der Waals surface area contributed by atoms with E-state index in [4.69, 9.17) is 4.98 Å². The van der Waals surface area contributed by atoms with Crippen molar-refractivity contribution in [2.75, 3.05) is 23.8 Å². The van der Waals surface area contributed by atoms with Crippen molar-refractivity contribution in [2.24, 2.45) is 5.92 Å². The van der Waals surface area contributed by atoms with Gasteiger partial charge in [0, 0.05) is 17.5 Å². The van der Waals surface area contributed by atoms with Crippen LogP contribution in [0.4, 0.5) is 0 Å². The van der Waals surface area contributed by atoms with Crippen molar-refractivity contribution >= 4 is 49.1 Å². The lowest BCUT2D eigenvalue weighted by molar-refractivity contribution is -0.129. The summed E-state index contributed by atoms with van der Waals surface area (Å²) in [6.07, 6.45) is 3.40. The fourth-order valence-corrected chi connectivity index (χ4v) is 9.56. The number of rotatable bonds is 6. The molecule has 1 saturated heterocycles. The smallest absolute Gasteiger partial charge is 0.267 e. The van der Waals surface area contributed by atoms with Crippen LogP contribution in [0.15, 0.2) is 28.2 Å². The van der Waals surface area contributed by atoms with E-state index in [0.717, 1.165) is 51.9 Å². The van der Waals surface area contributed by atoms with E-state index in [0.29, 0.717) is 24.0 Å². The first-order valence-electron chi connectivity index (χ1n) is 12.9. The van der Waals surface area contributed by atoms with Crippen molar-refractivity contribution in [1.82, 2.24) is 14.5 Å². The molecule has 7 nitrogen and oxygen atoms in total. The zero-order valence-corrected chi connectivity index (χ0v) is 24.2. The van der Waals surface area contributed by atoms with Gasteiger partial charge in [-0.25, -0.2) is 13.4 Å². The second kappa shape index (κ2) is 10.2. The monoisotopic (exact) mass is 559 g/mol. The lowest BCUT2D eigenvalue weighted by Crippen LogP contribution is -2.42. The maximum atomic E-state index is 14.1. The number of carbonyl (C=O) groups excluding carboxylic acids is 1. The molecule has 3 aromatic rings. The molecule has 1 aliphatic heterocycles. The van der Waals surface area contributed by atoms with Crippen molar-refractivity contribution in [3.8, 4) is 5.69 Å². The van der Waals surface area contributed by atoms with Gasteiger partial charge in [-0.3, -0.25) is 14.2 Å². The third kappa shape index (κ3) is 5.12. The molecule has 1 fully saturated rings. The minimum atomic E-state index is -3.10. The van der Waals surface area contributed by atoms with Crippen LogP contribution in [-0.2, 0) is 27.5 Å². The number of carbonyl (C=O) groups is 1. The molecule has 37 heavy (non-hydrogen) atoms. The van der Waals surface area contributed by atoms with Crippen molar-refractivity contribution in [3.05, 3.63) is 50.1 Å². The Labute approximate surface area is 226 Å². The molecular formula is C27H33N3O4S3. The summed E-state index contributed by atoms with van der Waals surface area (Å²) in [6.45, 7) is 8.55. The highest BCUT2D eigenvalue weighted by Crippen LogP contribution is 2.37. The number of hydrogen-bond donors (Lipinski definition) is 0. The van der Waals surface area contributed by atoms with Gasteiger partial charge in [-0.15, -0.1) is 11.3 Å². The molecule has 0 radical (unpaired) electrons. The summed E-state index contributed by atoms with van der Waals surface area (Å²) >= 11 is 2.87. The van der Waals surface area contributed by atoms with Crippen LogP contribution in [0.2, 0.25) is 0 Å². The Kier molecular flexibility index (Phi) is 7.28. The Balaban J connectivity index is 1.55. The van der Waals surface area contributed by atoms with E-state index >= 15 is 0 Å². The largest absolute Gasteiger partial charge is 0.338 e. The van der Waals surface area contributed by atoms with E-state index in [1.54, 1.807) is 20.8 Å². The van der Waals surface area contributed by atoms with Gasteiger partial charge in [0.15, 0.2) is 15.0 Å². The Morgan fingerprint density at radius 3 is 2.76 bits per heavy atom. The fourth-order valence-electron chi connectivity index (χ4n) is 5.51. The van der Waals surface area contributed by atoms with Crippen molar-refractivity contribution < 1.29 is 13.2 Å². The van der Waals surface area contributed by atoms with Crippen LogP contribution >= 0.6 is 23.1 Å². The zero-order chi connectivity index (χ0) is 26.5. The molecule has 2 aromatic heterocycles. The van der Waals surface area contributed by atoms with E-state index in [1.165, 1.54) is 16.6 Å². The number of thiophene rings is 1. The number of amides is 1. The molecule has 1 aliphatic carbocycles. The number of sulfone groups is 1. The van der Waals surface area contributed by atoms with E-state index in [1.807, 2.05) is 39.0 Å². The lowest BCUT2D eigenvalue weighted by atomic mass is 9.89. The van der Waals surface area contributed by atoms with Gasteiger partial charge in [0.25, 0.3) is 5.56 Å². The highest BCUT2D eigenvalue weighted by Gasteiger charge is 2.34. The van der Waals surface area contributed by atoms with Crippen LogP contribution in [-0.4, -0.2) is 58.6 Å². The van der Waals surface area contributed by atoms with Crippen molar-refractivity contribution in [1.29, 1.82) is 0 Å². The average Bonchev–Trinajstić information content (AvgIpc) is 3.38. The quantitative estimate of drug-likeness (QED) is 0.330. The number of aromatic nitrogens is 2. The molecule has 10 heteroatoms. The number of thioether (sulfide) groups is 1. The highest BCUT2D eigenvalue weighted by atomic mass is 32.2. The first kappa shape index (κ1) is 26.4. The Bertz CT molecular complexity index is 1540. The third-order valence-corrected chi connectivity index (χ3v) is 11.4. The number of nitrogens with zero attached hydrogens (tertiary/aromatic N) is 3. The minimum Gasteiger partial charge on any atom is -0.338 e. The molecule has 1 amide bonds. The first-order valence-corrected chi connectivity index (χ1v) is 16.5. The molecule has 2 unspecified atom stereocenters. The molecule has 3 heterocycles. The zero-order valence-electron chi connectivity index (χ0n) is 21.7. The SMILES string of the molecule is CCN(C(=O)CSc1nc2sc3c(c2c(=O)n1-c1cc(C)ccc1C)CCC(C)C3)C1CCS(=O)(=O)C1. The van der Waals surface area contributed by atoms with E-state index in [9.17, 15) is 18.0 Å². The number of hydrogen-bond acceptors (Lipinski definition) is 7. The molecule has 2 atom stereocenters. The van der Waals surface area contributed by atoms with Gasteiger partial charge in [-0.2, -0.15) is 0 Å². The lowest BCUT2D eigenvalue weighted by Gasteiger charge is -2.26. The van der Waals surface area contributed by atoms with Crippen molar-refractivity contribution in [3.63, 3.8) is 0 Å². The summed E-state index contributed by atoms with van der Waals surface area (Å²) in [6, 6.07) is 5.74. The van der Waals surface area contributed by atoms with E-state index < -0.39 is 9.84 Å². The maximum Gasteiger partial charge on any atom is 0.267 e. The predicted molar refractivity (Wildman–Crippen MR) is 151 cm³/mol. The van der Waals surface area contributed by atoms with Gasteiger partial charge in [-0.1, -0.05) is 30.8 Å². The first-order chi connectivity index (χ1) is 17.6. The second-order valence-electron chi connectivity index (χ2n) is 10.4. The summed E-state index contributed by atoms with van der Waals surface area (Å²) < 4.78 is 25.7. The van der Waals surface area contributed by atoms with E-state index in [2.05, 4.69) is 6.92 Å². The maximum absolute atomic E-state index is 14.1. The summed E-state index contributed by atoms with van der Waals surface area (Å²) in [5.41, 5.74) is 3.86. The van der Waals surface area contributed by atoms with Gasteiger partial charge >= 0.3 is 0 Å². The van der Waals surface area contributed by atoms with Crippen LogP contribution in [0.1, 0.15) is 48.3 Å². The standard InChI is InChI=1S/C27H33N3O4S3/c1-5-29(19-10-11-37(33,34)15-19)23(31)14-35-27-28-25-24(20-9-7-17(3)13-22(20)36-25)26(32)30(27)21-12-16(2)6-8-18(21)4/h6,8,12,17,19H,5,7,9-11,13-15H2,1-4H3.